The molecule has 2 rings (SSSR count). The average molecular weight is 292 g/mol. The zero-order chi connectivity index (χ0) is 13.4. The molecule has 0 radical (unpaired) electrons. The predicted octanol–water partition coefficient (Wildman–Crippen LogP) is 1.25. The molecule has 0 saturated carbocycles. The summed E-state index contributed by atoms with van der Waals surface area (Å²) in [7, 11) is 0. The Bertz CT molecular complexity index is 326. The molecule has 2 saturated heterocycles. The van der Waals surface area contributed by atoms with Gasteiger partial charge in [0, 0.05) is 23.3 Å². The molecule has 0 aromatic carbocycles. The van der Waals surface area contributed by atoms with Gasteiger partial charge >= 0.3 is 5.97 Å². The number of aliphatic hydroxyl groups excluding tert-OH is 2. The molecule has 2 aliphatic rings. The highest BCUT2D eigenvalue weighted by Crippen LogP contribution is 2.54. The Labute approximate surface area is 116 Å². The fourth-order valence-corrected chi connectivity index (χ4v) is 5.62. The van der Waals surface area contributed by atoms with Crippen LogP contribution in [0.5, 0.6) is 0 Å². The van der Waals surface area contributed by atoms with Gasteiger partial charge in [-0.15, -0.1) is 23.5 Å². The molecule has 104 valence electrons. The van der Waals surface area contributed by atoms with Crippen LogP contribution in [0.15, 0.2) is 0 Å². The van der Waals surface area contributed by atoms with Crippen molar-refractivity contribution < 1.29 is 19.7 Å². The summed E-state index contributed by atoms with van der Waals surface area (Å²) in [4.78, 5) is 11.8. The van der Waals surface area contributed by atoms with Gasteiger partial charge in [0.15, 0.2) is 0 Å². The predicted molar refractivity (Wildman–Crippen MR) is 73.6 cm³/mol. The van der Waals surface area contributed by atoms with Crippen molar-refractivity contribution in [3.05, 3.63) is 0 Å². The van der Waals surface area contributed by atoms with Crippen LogP contribution in [0.1, 0.15) is 26.7 Å². The third-order valence-electron chi connectivity index (χ3n) is 3.86. The van der Waals surface area contributed by atoms with Crippen LogP contribution in [0.4, 0.5) is 0 Å². The number of ether oxygens (including phenoxy) is 1. The quantitative estimate of drug-likeness (QED) is 0.763. The lowest BCUT2D eigenvalue weighted by Gasteiger charge is -2.44. The van der Waals surface area contributed by atoms with Crippen LogP contribution in [0, 0.1) is 5.41 Å². The molecule has 2 atom stereocenters. The molecule has 0 aliphatic carbocycles. The zero-order valence-corrected chi connectivity index (χ0v) is 12.4. The van der Waals surface area contributed by atoms with E-state index >= 15 is 0 Å². The number of aliphatic hydroxyl groups is 2. The zero-order valence-electron chi connectivity index (χ0n) is 10.7. The highest BCUT2D eigenvalue weighted by Gasteiger charge is 2.50. The first-order valence-corrected chi connectivity index (χ1v) is 8.13. The SMILES string of the molecule is CC(C)([C@H](O)CO)[C@@H]1CC2(CC(=O)O1)SCCS2. The summed E-state index contributed by atoms with van der Waals surface area (Å²) >= 11 is 3.65. The number of esters is 1. The van der Waals surface area contributed by atoms with Crippen LogP contribution in [0.2, 0.25) is 0 Å². The van der Waals surface area contributed by atoms with Gasteiger partial charge in [-0.25, -0.2) is 0 Å². The Morgan fingerprint density at radius 1 is 1.50 bits per heavy atom. The van der Waals surface area contributed by atoms with E-state index in [9.17, 15) is 9.90 Å². The average Bonchev–Trinajstić information content (AvgIpc) is 2.74. The normalized spacial score (nSPS) is 29.3. The number of carbonyl (C=O) groups is 1. The van der Waals surface area contributed by atoms with E-state index in [-0.39, 0.29) is 22.8 Å². The molecule has 18 heavy (non-hydrogen) atoms. The van der Waals surface area contributed by atoms with Crippen LogP contribution in [-0.4, -0.2) is 50.6 Å². The molecule has 0 bridgehead atoms. The second kappa shape index (κ2) is 5.23. The molecule has 0 aromatic heterocycles. The van der Waals surface area contributed by atoms with Crippen LogP contribution >= 0.6 is 23.5 Å². The number of rotatable bonds is 3. The lowest BCUT2D eigenvalue weighted by Crippen LogP contribution is -2.50. The van der Waals surface area contributed by atoms with Crippen molar-refractivity contribution in [1.82, 2.24) is 0 Å². The minimum Gasteiger partial charge on any atom is -0.462 e. The first kappa shape index (κ1) is 14.5. The van der Waals surface area contributed by atoms with Gasteiger partial charge in [-0.1, -0.05) is 13.8 Å². The minimum atomic E-state index is -0.873. The van der Waals surface area contributed by atoms with Gasteiger partial charge < -0.3 is 14.9 Å². The van der Waals surface area contributed by atoms with Gasteiger partial charge in [-0.3, -0.25) is 4.79 Å². The van der Waals surface area contributed by atoms with Gasteiger partial charge in [-0.05, 0) is 0 Å². The maximum Gasteiger partial charge on any atom is 0.308 e. The maximum absolute atomic E-state index is 11.8. The van der Waals surface area contributed by atoms with Crippen molar-refractivity contribution in [1.29, 1.82) is 0 Å². The lowest BCUT2D eigenvalue weighted by molar-refractivity contribution is -0.169. The van der Waals surface area contributed by atoms with Crippen molar-refractivity contribution in [2.24, 2.45) is 5.41 Å². The summed E-state index contributed by atoms with van der Waals surface area (Å²) in [6, 6.07) is 0. The number of hydrogen-bond acceptors (Lipinski definition) is 6. The summed E-state index contributed by atoms with van der Waals surface area (Å²) in [6.07, 6.45) is -0.0109. The standard InChI is InChI=1S/C12H20O4S2/c1-11(2,8(14)7-13)9-5-12(6-10(15)16-9)17-3-4-18-12/h8-9,13-14H,3-7H2,1-2H3/t8-,9+/m1/s1. The van der Waals surface area contributed by atoms with Crippen molar-refractivity contribution in [2.45, 2.75) is 43.0 Å². The first-order valence-electron chi connectivity index (χ1n) is 6.16. The summed E-state index contributed by atoms with van der Waals surface area (Å²) in [6.45, 7) is 3.37. The van der Waals surface area contributed by atoms with Gasteiger partial charge in [0.2, 0.25) is 0 Å². The lowest BCUT2D eigenvalue weighted by atomic mass is 9.78. The Kier molecular flexibility index (Phi) is 4.21. The van der Waals surface area contributed by atoms with Crippen molar-refractivity contribution in [3.63, 3.8) is 0 Å². The number of carbonyl (C=O) groups excluding carboxylic acids is 1. The molecular formula is C12H20O4S2. The first-order chi connectivity index (χ1) is 8.39. The summed E-state index contributed by atoms with van der Waals surface area (Å²) < 4.78 is 5.35. The molecule has 1 spiro atoms. The van der Waals surface area contributed by atoms with E-state index in [2.05, 4.69) is 0 Å². The van der Waals surface area contributed by atoms with Gasteiger partial charge in [-0.2, -0.15) is 0 Å². The van der Waals surface area contributed by atoms with Crippen molar-refractivity contribution in [3.8, 4) is 0 Å². The summed E-state index contributed by atoms with van der Waals surface area (Å²) in [5, 5.41) is 19.0. The molecule has 2 heterocycles. The molecular weight excluding hydrogens is 272 g/mol. The van der Waals surface area contributed by atoms with E-state index < -0.39 is 11.5 Å². The van der Waals surface area contributed by atoms with E-state index in [1.807, 2.05) is 37.4 Å². The van der Waals surface area contributed by atoms with Gasteiger partial charge in [0.1, 0.15) is 6.10 Å². The molecule has 4 nitrogen and oxygen atoms in total. The van der Waals surface area contributed by atoms with Crippen LogP contribution in [0.25, 0.3) is 0 Å². The van der Waals surface area contributed by atoms with E-state index in [1.165, 1.54) is 0 Å². The van der Waals surface area contributed by atoms with E-state index in [1.54, 1.807) is 0 Å². The Hall–Kier alpha value is 0.0900. The topological polar surface area (TPSA) is 66.8 Å². The Balaban J connectivity index is 2.15. The fourth-order valence-electron chi connectivity index (χ4n) is 2.40. The maximum atomic E-state index is 11.8. The number of hydrogen-bond donors (Lipinski definition) is 2. The number of thioether (sulfide) groups is 2. The molecule has 2 aliphatic heterocycles. The summed E-state index contributed by atoms with van der Waals surface area (Å²) in [5.74, 6) is 1.94. The van der Waals surface area contributed by atoms with Crippen molar-refractivity contribution in [2.75, 3.05) is 18.1 Å². The van der Waals surface area contributed by atoms with Crippen LogP contribution < -0.4 is 0 Å². The number of cyclic esters (lactones) is 1. The second-order valence-electron chi connectivity index (χ2n) is 5.49. The molecule has 0 amide bonds. The van der Waals surface area contributed by atoms with E-state index in [0.717, 1.165) is 17.9 Å². The highest BCUT2D eigenvalue weighted by molar-refractivity contribution is 8.21. The molecule has 2 fully saturated rings. The molecule has 2 N–H and O–H groups in total. The van der Waals surface area contributed by atoms with Crippen LogP contribution in [-0.2, 0) is 9.53 Å². The molecule has 0 unspecified atom stereocenters. The Morgan fingerprint density at radius 2 is 2.11 bits per heavy atom. The summed E-state index contributed by atoms with van der Waals surface area (Å²) in [5.41, 5.74) is -0.623. The largest absolute Gasteiger partial charge is 0.462 e. The highest BCUT2D eigenvalue weighted by atomic mass is 32.2. The monoisotopic (exact) mass is 292 g/mol. The third kappa shape index (κ3) is 2.66. The van der Waals surface area contributed by atoms with E-state index in [4.69, 9.17) is 9.84 Å². The van der Waals surface area contributed by atoms with Crippen molar-refractivity contribution >= 4 is 29.5 Å². The molecule has 0 aromatic rings. The second-order valence-corrected chi connectivity index (χ2v) is 8.70. The fraction of sp³-hybridized carbons (Fsp3) is 0.917. The minimum absolute atomic E-state index is 0.0769. The smallest absolute Gasteiger partial charge is 0.308 e. The van der Waals surface area contributed by atoms with E-state index in [0.29, 0.717) is 6.42 Å². The molecule has 6 heteroatoms. The van der Waals surface area contributed by atoms with Gasteiger partial charge in [0.25, 0.3) is 0 Å². The third-order valence-corrected chi connectivity index (χ3v) is 7.32. The Morgan fingerprint density at radius 3 is 2.67 bits per heavy atom. The van der Waals surface area contributed by atoms with Gasteiger partial charge in [0.05, 0.1) is 23.2 Å². The van der Waals surface area contributed by atoms with Crippen LogP contribution in [0.3, 0.4) is 0 Å².